The Morgan fingerprint density at radius 3 is 2.36 bits per heavy atom. The smallest absolute Gasteiger partial charge is 0.399 e. The second-order valence-corrected chi connectivity index (χ2v) is 6.84. The minimum Gasteiger partial charge on any atom is -0.399 e. The SMILES string of the molecule is CON=C(c1ccccc1)c1cc(Cl)ccc1NS(=O)(=O)C(F)(F)F. The van der Waals surface area contributed by atoms with Crippen LogP contribution in [0.2, 0.25) is 5.02 Å². The van der Waals surface area contributed by atoms with Crippen LogP contribution in [0, 0.1) is 0 Å². The van der Waals surface area contributed by atoms with Gasteiger partial charge in [-0.25, -0.2) is 0 Å². The highest BCUT2D eigenvalue weighted by atomic mass is 35.5. The van der Waals surface area contributed by atoms with Crippen molar-refractivity contribution in [2.24, 2.45) is 5.16 Å². The first-order valence-electron chi connectivity index (χ1n) is 6.71. The third-order valence-electron chi connectivity index (χ3n) is 3.02. The van der Waals surface area contributed by atoms with Crippen molar-refractivity contribution in [2.45, 2.75) is 5.51 Å². The maximum atomic E-state index is 12.7. The van der Waals surface area contributed by atoms with Gasteiger partial charge in [0.1, 0.15) is 12.8 Å². The number of alkyl halides is 3. The van der Waals surface area contributed by atoms with E-state index in [4.69, 9.17) is 16.4 Å². The molecule has 0 amide bonds. The molecule has 25 heavy (non-hydrogen) atoms. The van der Waals surface area contributed by atoms with Crippen LogP contribution in [0.15, 0.2) is 53.7 Å². The lowest BCUT2D eigenvalue weighted by atomic mass is 10.0. The van der Waals surface area contributed by atoms with Crippen LogP contribution in [-0.4, -0.2) is 26.7 Å². The Hall–Kier alpha value is -2.26. The fourth-order valence-electron chi connectivity index (χ4n) is 1.95. The molecule has 0 saturated carbocycles. The zero-order valence-corrected chi connectivity index (χ0v) is 14.3. The Morgan fingerprint density at radius 1 is 1.16 bits per heavy atom. The van der Waals surface area contributed by atoms with Crippen LogP contribution < -0.4 is 4.72 Å². The molecule has 0 aromatic heterocycles. The average molecular weight is 393 g/mol. The van der Waals surface area contributed by atoms with E-state index >= 15 is 0 Å². The summed E-state index contributed by atoms with van der Waals surface area (Å²) in [6.07, 6.45) is 0. The van der Waals surface area contributed by atoms with Crippen molar-refractivity contribution in [3.8, 4) is 0 Å². The lowest BCUT2D eigenvalue weighted by molar-refractivity contribution is -0.0429. The number of oxime groups is 1. The van der Waals surface area contributed by atoms with E-state index < -0.39 is 15.5 Å². The number of sulfonamides is 1. The summed E-state index contributed by atoms with van der Waals surface area (Å²) in [5.41, 5.74) is -5.14. The van der Waals surface area contributed by atoms with Crippen LogP contribution in [0.4, 0.5) is 18.9 Å². The molecule has 0 unspecified atom stereocenters. The van der Waals surface area contributed by atoms with Crippen molar-refractivity contribution >= 4 is 33.0 Å². The summed E-state index contributed by atoms with van der Waals surface area (Å²) in [6.45, 7) is 0. The molecule has 2 aromatic carbocycles. The molecular formula is C15H12ClF3N2O3S. The predicted molar refractivity (Wildman–Crippen MR) is 89.1 cm³/mol. The Bertz CT molecular complexity index is 885. The zero-order valence-electron chi connectivity index (χ0n) is 12.7. The van der Waals surface area contributed by atoms with Crippen molar-refractivity contribution in [1.82, 2.24) is 0 Å². The maximum Gasteiger partial charge on any atom is 0.516 e. The minimum absolute atomic E-state index is 0.0355. The normalized spacial score (nSPS) is 12.8. The maximum absolute atomic E-state index is 12.7. The van der Waals surface area contributed by atoms with Gasteiger partial charge < -0.3 is 4.84 Å². The molecule has 0 fully saturated rings. The summed E-state index contributed by atoms with van der Waals surface area (Å²) in [5, 5.41) is 3.99. The van der Waals surface area contributed by atoms with Gasteiger partial charge in [-0.2, -0.15) is 21.6 Å². The number of halogens is 4. The molecule has 0 radical (unpaired) electrons. The summed E-state index contributed by atoms with van der Waals surface area (Å²) in [6, 6.07) is 12.1. The van der Waals surface area contributed by atoms with Crippen LogP contribution in [-0.2, 0) is 14.9 Å². The third kappa shape index (κ3) is 4.43. The zero-order chi connectivity index (χ0) is 18.7. The second kappa shape index (κ2) is 7.32. The standard InChI is InChI=1S/C15H12ClF3N2O3S/c1-24-20-14(10-5-3-2-4-6-10)12-9-11(16)7-8-13(12)21-25(22,23)15(17,18)19/h2-9,21H,1H3. The molecule has 0 atom stereocenters. The van der Waals surface area contributed by atoms with Gasteiger partial charge in [-0.3, -0.25) is 4.72 Å². The second-order valence-electron chi connectivity index (χ2n) is 4.73. The molecule has 10 heteroatoms. The quantitative estimate of drug-likeness (QED) is 0.617. The number of nitrogens with one attached hydrogen (secondary N) is 1. The van der Waals surface area contributed by atoms with Crippen LogP contribution >= 0.6 is 11.6 Å². The van der Waals surface area contributed by atoms with E-state index in [2.05, 4.69) is 5.16 Å². The van der Waals surface area contributed by atoms with Gasteiger partial charge in [-0.1, -0.05) is 47.1 Å². The molecule has 2 rings (SSSR count). The van der Waals surface area contributed by atoms with E-state index in [9.17, 15) is 21.6 Å². The van der Waals surface area contributed by atoms with Crippen LogP contribution in [0.3, 0.4) is 0 Å². The molecule has 0 heterocycles. The molecular weight excluding hydrogens is 381 g/mol. The number of nitrogens with zero attached hydrogens (tertiary/aromatic N) is 1. The lowest BCUT2D eigenvalue weighted by Gasteiger charge is -2.15. The van der Waals surface area contributed by atoms with E-state index in [0.29, 0.717) is 5.56 Å². The molecule has 0 bridgehead atoms. The lowest BCUT2D eigenvalue weighted by Crippen LogP contribution is -2.30. The van der Waals surface area contributed by atoms with E-state index in [-0.39, 0.29) is 22.0 Å². The van der Waals surface area contributed by atoms with Gasteiger partial charge in [-0.15, -0.1) is 0 Å². The highest BCUT2D eigenvalue weighted by molar-refractivity contribution is 7.93. The number of rotatable bonds is 5. The largest absolute Gasteiger partial charge is 0.516 e. The fraction of sp³-hybridized carbons (Fsp3) is 0.133. The molecule has 0 aliphatic heterocycles. The van der Waals surface area contributed by atoms with Gasteiger partial charge in [0.25, 0.3) is 0 Å². The first kappa shape index (κ1) is 19.1. The monoisotopic (exact) mass is 392 g/mol. The van der Waals surface area contributed by atoms with Crippen LogP contribution in [0.1, 0.15) is 11.1 Å². The summed E-state index contributed by atoms with van der Waals surface area (Å²) >= 11 is 5.91. The first-order chi connectivity index (χ1) is 11.7. The van der Waals surface area contributed by atoms with Gasteiger partial charge in [0.15, 0.2) is 0 Å². The van der Waals surface area contributed by atoms with Crippen LogP contribution in [0.5, 0.6) is 0 Å². The van der Waals surface area contributed by atoms with Gasteiger partial charge >= 0.3 is 15.5 Å². The van der Waals surface area contributed by atoms with Crippen molar-refractivity contribution in [2.75, 3.05) is 11.8 Å². The van der Waals surface area contributed by atoms with E-state index in [1.54, 1.807) is 30.3 Å². The molecule has 1 N–H and O–H groups in total. The number of hydrogen-bond donors (Lipinski definition) is 1. The molecule has 0 saturated heterocycles. The van der Waals surface area contributed by atoms with Gasteiger partial charge in [0.05, 0.1) is 5.69 Å². The highest BCUT2D eigenvalue weighted by Crippen LogP contribution is 2.30. The Labute approximate surface area is 147 Å². The first-order valence-corrected chi connectivity index (χ1v) is 8.57. The molecule has 0 aliphatic carbocycles. The van der Waals surface area contributed by atoms with E-state index in [0.717, 1.165) is 6.07 Å². The van der Waals surface area contributed by atoms with Gasteiger partial charge in [-0.05, 0) is 18.2 Å². The fourth-order valence-corrected chi connectivity index (χ4v) is 2.70. The van der Waals surface area contributed by atoms with Crippen molar-refractivity contribution in [1.29, 1.82) is 0 Å². The highest BCUT2D eigenvalue weighted by Gasteiger charge is 2.46. The summed E-state index contributed by atoms with van der Waals surface area (Å²) in [4.78, 5) is 4.75. The summed E-state index contributed by atoms with van der Waals surface area (Å²) in [7, 11) is -4.35. The van der Waals surface area contributed by atoms with Gasteiger partial charge in [0.2, 0.25) is 0 Å². The molecule has 0 spiro atoms. The average Bonchev–Trinajstić information content (AvgIpc) is 2.54. The molecule has 2 aromatic rings. The molecule has 5 nitrogen and oxygen atoms in total. The van der Waals surface area contributed by atoms with Crippen molar-refractivity contribution in [3.63, 3.8) is 0 Å². The topological polar surface area (TPSA) is 67.8 Å². The third-order valence-corrected chi connectivity index (χ3v) is 4.35. The van der Waals surface area contributed by atoms with E-state index in [1.807, 2.05) is 0 Å². The molecule has 0 aliphatic rings. The van der Waals surface area contributed by atoms with Crippen molar-refractivity contribution in [3.05, 3.63) is 64.7 Å². The predicted octanol–water partition coefficient (Wildman–Crippen LogP) is 4.00. The molecule has 134 valence electrons. The number of benzene rings is 2. The summed E-state index contributed by atoms with van der Waals surface area (Å²) in [5.74, 6) is 0. The number of anilines is 1. The Balaban J connectivity index is 2.61. The van der Waals surface area contributed by atoms with Crippen LogP contribution in [0.25, 0.3) is 0 Å². The van der Waals surface area contributed by atoms with Crippen molar-refractivity contribution < 1.29 is 26.4 Å². The number of hydrogen-bond acceptors (Lipinski definition) is 4. The summed E-state index contributed by atoms with van der Waals surface area (Å²) < 4.78 is 62.4. The van der Waals surface area contributed by atoms with Gasteiger partial charge in [0, 0.05) is 16.1 Å². The Kier molecular flexibility index (Phi) is 5.58. The van der Waals surface area contributed by atoms with E-state index in [1.165, 1.54) is 24.0 Å². The minimum atomic E-state index is -5.61. The Morgan fingerprint density at radius 2 is 1.80 bits per heavy atom.